The third kappa shape index (κ3) is 3.44. The maximum atomic E-state index is 12.6. The van der Waals surface area contributed by atoms with Gasteiger partial charge in [-0.15, -0.1) is 0 Å². The van der Waals surface area contributed by atoms with Crippen LogP contribution in [-0.4, -0.2) is 22.8 Å². The van der Waals surface area contributed by atoms with E-state index in [4.69, 9.17) is 0 Å². The van der Waals surface area contributed by atoms with Gasteiger partial charge in [-0.2, -0.15) is 0 Å². The summed E-state index contributed by atoms with van der Waals surface area (Å²) in [6.45, 7) is 0. The van der Waals surface area contributed by atoms with Crippen LogP contribution in [-0.2, 0) is 22.4 Å². The lowest BCUT2D eigenvalue weighted by Crippen LogP contribution is -2.36. The van der Waals surface area contributed by atoms with E-state index in [0.29, 0.717) is 24.1 Å². The van der Waals surface area contributed by atoms with Gasteiger partial charge >= 0.3 is 5.97 Å². The van der Waals surface area contributed by atoms with E-state index in [2.05, 4.69) is 5.32 Å². The molecule has 0 heterocycles. The fourth-order valence-corrected chi connectivity index (χ4v) is 4.18. The Kier molecular flexibility index (Phi) is 4.75. The highest BCUT2D eigenvalue weighted by atomic mass is 16.4. The van der Waals surface area contributed by atoms with Crippen molar-refractivity contribution in [3.63, 3.8) is 0 Å². The summed E-state index contributed by atoms with van der Waals surface area (Å²) in [5.41, 5.74) is 2.13. The maximum Gasteiger partial charge on any atom is 0.310 e. The lowest BCUT2D eigenvalue weighted by Gasteiger charge is -2.24. The minimum atomic E-state index is -1.10. The zero-order valence-corrected chi connectivity index (χ0v) is 15.6. The quantitative estimate of drug-likeness (QED) is 0.749. The normalized spacial score (nSPS) is 17.4. The third-order valence-corrected chi connectivity index (χ3v) is 6.06. The van der Waals surface area contributed by atoms with Gasteiger partial charge in [0.25, 0.3) is 0 Å². The van der Waals surface area contributed by atoms with Crippen molar-refractivity contribution in [2.45, 2.75) is 38.5 Å². The molecule has 1 saturated carbocycles. The Morgan fingerprint density at radius 1 is 0.964 bits per heavy atom. The van der Waals surface area contributed by atoms with Crippen LogP contribution in [0.4, 0.5) is 5.69 Å². The predicted octanol–water partition coefficient (Wildman–Crippen LogP) is 3.87. The Morgan fingerprint density at radius 3 is 2.07 bits per heavy atom. The number of hydrogen-bond acceptors (Lipinski definition) is 3. The first kappa shape index (κ1) is 18.4. The molecule has 0 radical (unpaired) electrons. The van der Waals surface area contributed by atoms with Crippen molar-refractivity contribution in [3.8, 4) is 0 Å². The summed E-state index contributed by atoms with van der Waals surface area (Å²) in [6, 6.07) is 14.5. The molecule has 5 heteroatoms. The number of hydrogen-bond donors (Lipinski definition) is 2. The van der Waals surface area contributed by atoms with Gasteiger partial charge in [-0.05, 0) is 61.1 Å². The number of carboxylic acid groups (broad SMARTS) is 1. The van der Waals surface area contributed by atoms with Crippen LogP contribution in [0.5, 0.6) is 0 Å². The van der Waals surface area contributed by atoms with Crippen molar-refractivity contribution in [3.05, 3.63) is 65.2 Å². The number of carbonyl (C=O) groups is 3. The van der Waals surface area contributed by atoms with Crippen LogP contribution in [0.3, 0.4) is 0 Å². The van der Waals surface area contributed by atoms with E-state index < -0.39 is 11.4 Å². The smallest absolute Gasteiger partial charge is 0.310 e. The molecular formula is C23H23NO4. The second kappa shape index (κ2) is 7.23. The minimum absolute atomic E-state index is 0.0836. The number of carboxylic acids is 1. The maximum absolute atomic E-state index is 12.6. The molecule has 0 aromatic heterocycles. The van der Waals surface area contributed by atoms with Crippen molar-refractivity contribution in [1.82, 2.24) is 0 Å². The molecule has 2 N–H and O–H groups in total. The van der Waals surface area contributed by atoms with Gasteiger partial charge in [0.05, 0.1) is 5.41 Å². The molecular weight excluding hydrogens is 354 g/mol. The van der Waals surface area contributed by atoms with Crippen molar-refractivity contribution in [2.75, 3.05) is 5.32 Å². The molecule has 2 aliphatic carbocycles. The molecule has 28 heavy (non-hydrogen) atoms. The van der Waals surface area contributed by atoms with E-state index in [-0.39, 0.29) is 24.0 Å². The largest absolute Gasteiger partial charge is 0.481 e. The van der Waals surface area contributed by atoms with E-state index >= 15 is 0 Å². The van der Waals surface area contributed by atoms with Crippen LogP contribution in [0, 0.1) is 11.3 Å². The molecule has 2 aromatic carbocycles. The van der Waals surface area contributed by atoms with Gasteiger partial charge in [-0.25, -0.2) is 0 Å². The standard InChI is InChI=1S/C23H23NO4/c25-20(14-23(22(27)28)12-17-4-1-2-5-18(17)13-23)24-19-10-8-16(9-11-19)21(26)15-6-3-7-15/h1-2,4-5,8-11,15H,3,6-7,12-14H2,(H,24,25)(H,27,28). The molecule has 0 aliphatic heterocycles. The van der Waals surface area contributed by atoms with Gasteiger partial charge in [-0.3, -0.25) is 14.4 Å². The van der Waals surface area contributed by atoms with E-state index in [0.717, 1.165) is 30.4 Å². The first-order valence-corrected chi connectivity index (χ1v) is 9.71. The van der Waals surface area contributed by atoms with Crippen LogP contribution in [0.25, 0.3) is 0 Å². The lowest BCUT2D eigenvalue weighted by molar-refractivity contribution is -0.150. The number of nitrogens with one attached hydrogen (secondary N) is 1. The van der Waals surface area contributed by atoms with E-state index in [1.807, 2.05) is 24.3 Å². The molecule has 144 valence electrons. The van der Waals surface area contributed by atoms with Crippen molar-refractivity contribution < 1.29 is 19.5 Å². The fraction of sp³-hybridized carbons (Fsp3) is 0.348. The summed E-state index contributed by atoms with van der Waals surface area (Å²) in [5.74, 6) is -0.967. The van der Waals surface area contributed by atoms with Crippen molar-refractivity contribution >= 4 is 23.3 Å². The fourth-order valence-electron chi connectivity index (χ4n) is 4.18. The molecule has 0 spiro atoms. The zero-order valence-electron chi connectivity index (χ0n) is 15.6. The molecule has 0 unspecified atom stereocenters. The first-order chi connectivity index (χ1) is 13.5. The zero-order chi connectivity index (χ0) is 19.7. The Morgan fingerprint density at radius 2 is 1.57 bits per heavy atom. The molecule has 0 bridgehead atoms. The minimum Gasteiger partial charge on any atom is -0.481 e. The van der Waals surface area contributed by atoms with Crippen molar-refractivity contribution in [1.29, 1.82) is 0 Å². The number of benzene rings is 2. The first-order valence-electron chi connectivity index (χ1n) is 9.71. The second-order valence-corrected chi connectivity index (χ2v) is 8.00. The highest BCUT2D eigenvalue weighted by molar-refractivity contribution is 5.99. The molecule has 4 rings (SSSR count). The van der Waals surface area contributed by atoms with Gasteiger partial charge in [-0.1, -0.05) is 30.7 Å². The van der Waals surface area contributed by atoms with Crippen LogP contribution < -0.4 is 5.32 Å². The van der Waals surface area contributed by atoms with Crippen LogP contribution in [0.1, 0.15) is 47.2 Å². The molecule has 0 saturated heterocycles. The van der Waals surface area contributed by atoms with Gasteiger partial charge in [0.15, 0.2) is 5.78 Å². The average Bonchev–Trinajstić information content (AvgIpc) is 3.00. The second-order valence-electron chi connectivity index (χ2n) is 8.00. The number of aliphatic carboxylic acids is 1. The highest BCUT2D eigenvalue weighted by Crippen LogP contribution is 2.40. The van der Waals surface area contributed by atoms with E-state index in [1.54, 1.807) is 24.3 Å². The topological polar surface area (TPSA) is 83.5 Å². The molecule has 0 atom stereocenters. The highest BCUT2D eigenvalue weighted by Gasteiger charge is 2.45. The Balaban J connectivity index is 1.42. The summed E-state index contributed by atoms with van der Waals surface area (Å²) in [4.78, 5) is 36.8. The summed E-state index contributed by atoms with van der Waals surface area (Å²) >= 11 is 0. The van der Waals surface area contributed by atoms with Gasteiger partial charge in [0, 0.05) is 23.6 Å². The Hall–Kier alpha value is -2.95. The average molecular weight is 377 g/mol. The third-order valence-electron chi connectivity index (χ3n) is 6.06. The monoisotopic (exact) mass is 377 g/mol. The predicted molar refractivity (Wildman–Crippen MR) is 105 cm³/mol. The van der Waals surface area contributed by atoms with Crippen molar-refractivity contribution in [2.24, 2.45) is 11.3 Å². The van der Waals surface area contributed by atoms with Crippen LogP contribution in [0.2, 0.25) is 0 Å². The summed E-state index contributed by atoms with van der Waals surface area (Å²) in [7, 11) is 0. The summed E-state index contributed by atoms with van der Waals surface area (Å²) < 4.78 is 0. The number of ketones is 1. The van der Waals surface area contributed by atoms with Crippen LogP contribution in [0.15, 0.2) is 48.5 Å². The number of Topliss-reactive ketones (excluding diaryl/α,β-unsaturated/α-hetero) is 1. The molecule has 1 amide bonds. The van der Waals surface area contributed by atoms with Gasteiger partial charge in [0.1, 0.15) is 0 Å². The number of rotatable bonds is 6. The number of anilines is 1. The number of carbonyl (C=O) groups excluding carboxylic acids is 2. The van der Waals surface area contributed by atoms with E-state index in [9.17, 15) is 19.5 Å². The Bertz CT molecular complexity index is 903. The number of amides is 1. The van der Waals surface area contributed by atoms with Crippen LogP contribution >= 0.6 is 0 Å². The Labute approximate surface area is 163 Å². The molecule has 1 fully saturated rings. The SMILES string of the molecule is O=C(CC1(C(=O)O)Cc2ccccc2C1)Nc1ccc(C(=O)C2CCC2)cc1. The van der Waals surface area contributed by atoms with E-state index in [1.165, 1.54) is 0 Å². The summed E-state index contributed by atoms with van der Waals surface area (Å²) in [6.07, 6.45) is 3.66. The molecule has 2 aliphatic rings. The summed E-state index contributed by atoms with van der Waals surface area (Å²) in [5, 5.41) is 12.6. The van der Waals surface area contributed by atoms with Gasteiger partial charge < -0.3 is 10.4 Å². The number of fused-ring (bicyclic) bond motifs is 1. The molecule has 2 aromatic rings. The molecule has 5 nitrogen and oxygen atoms in total. The lowest BCUT2D eigenvalue weighted by atomic mass is 9.80. The van der Waals surface area contributed by atoms with Gasteiger partial charge in [0.2, 0.25) is 5.91 Å².